The molecule has 0 unspecified atom stereocenters. The van der Waals surface area contributed by atoms with Gasteiger partial charge in [-0.15, -0.1) is 0 Å². The number of nitrogens with one attached hydrogen (secondary N) is 1. The van der Waals surface area contributed by atoms with Crippen LogP contribution in [0.5, 0.6) is 0 Å². The number of aromatic nitrogens is 2. The van der Waals surface area contributed by atoms with Crippen molar-refractivity contribution in [2.45, 2.75) is 64.7 Å². The zero-order valence-corrected chi connectivity index (χ0v) is 19.0. The summed E-state index contributed by atoms with van der Waals surface area (Å²) in [5.41, 5.74) is 2.15. The number of methoxy groups -OCH3 is 1. The lowest BCUT2D eigenvalue weighted by atomic mass is 9.92. The largest absolute Gasteiger partial charge is 0.383 e. The van der Waals surface area contributed by atoms with E-state index < -0.39 is 0 Å². The monoisotopic (exact) mass is 412 g/mol. The summed E-state index contributed by atoms with van der Waals surface area (Å²) in [7, 11) is 1.69. The molecular formula is C24H36N4O2. The summed E-state index contributed by atoms with van der Waals surface area (Å²) in [6, 6.07) is 10.8. The maximum absolute atomic E-state index is 13.0. The Labute approximate surface area is 180 Å². The summed E-state index contributed by atoms with van der Waals surface area (Å²) >= 11 is 0. The molecule has 0 bridgehead atoms. The molecule has 1 amide bonds. The Hall–Kier alpha value is -2.18. The number of carbonyl (C=O) groups excluding carboxylic acids is 1. The van der Waals surface area contributed by atoms with E-state index in [9.17, 15) is 4.79 Å². The second-order valence-electron chi connectivity index (χ2n) is 9.15. The highest BCUT2D eigenvalue weighted by Crippen LogP contribution is 2.42. The number of rotatable bonds is 9. The van der Waals surface area contributed by atoms with E-state index in [4.69, 9.17) is 4.74 Å². The second-order valence-corrected chi connectivity index (χ2v) is 9.15. The molecule has 1 aromatic heterocycles. The van der Waals surface area contributed by atoms with Crippen molar-refractivity contribution < 1.29 is 9.53 Å². The van der Waals surface area contributed by atoms with Crippen LogP contribution in [0.25, 0.3) is 0 Å². The first-order chi connectivity index (χ1) is 14.3. The van der Waals surface area contributed by atoms with Gasteiger partial charge in [0.15, 0.2) is 0 Å². The molecule has 30 heavy (non-hydrogen) atoms. The van der Waals surface area contributed by atoms with Crippen LogP contribution in [-0.4, -0.2) is 46.4 Å². The lowest BCUT2D eigenvalue weighted by Gasteiger charge is -2.38. The van der Waals surface area contributed by atoms with E-state index in [0.29, 0.717) is 19.6 Å². The minimum atomic E-state index is -0.241. The normalized spacial score (nSPS) is 20.7. The lowest BCUT2D eigenvalue weighted by Crippen LogP contribution is -2.44. The van der Waals surface area contributed by atoms with Gasteiger partial charge in [-0.05, 0) is 32.8 Å². The number of benzene rings is 1. The van der Waals surface area contributed by atoms with Crippen molar-refractivity contribution in [2.24, 2.45) is 5.92 Å². The molecule has 1 aliphatic heterocycles. The number of ether oxygens (including phenoxy) is 1. The van der Waals surface area contributed by atoms with Crippen LogP contribution in [0.1, 0.15) is 63.7 Å². The summed E-state index contributed by atoms with van der Waals surface area (Å²) in [5.74, 6) is 0.422. The molecule has 1 N–H and O–H groups in total. The molecule has 1 aliphatic rings. The van der Waals surface area contributed by atoms with Crippen LogP contribution in [0, 0.1) is 5.92 Å². The SMILES string of the molecule is CC[C@H](NC[C@@H]1CC(=O)N(C(C)(C)C)[C@H]1c1cnn(CCOC)c1)c1ccccc1. The fourth-order valence-electron chi connectivity index (χ4n) is 4.51. The second kappa shape index (κ2) is 9.75. The van der Waals surface area contributed by atoms with Crippen molar-refractivity contribution in [2.75, 3.05) is 20.3 Å². The average Bonchev–Trinajstić information content (AvgIpc) is 3.31. The number of nitrogens with zero attached hydrogens (tertiary/aromatic N) is 3. The van der Waals surface area contributed by atoms with Gasteiger partial charge in [-0.1, -0.05) is 37.3 Å². The average molecular weight is 413 g/mol. The van der Waals surface area contributed by atoms with Crippen LogP contribution in [0.15, 0.2) is 42.7 Å². The number of carbonyl (C=O) groups is 1. The van der Waals surface area contributed by atoms with Crippen molar-refractivity contribution >= 4 is 5.91 Å². The Balaban J connectivity index is 1.81. The molecular weight excluding hydrogens is 376 g/mol. The molecule has 3 atom stereocenters. The van der Waals surface area contributed by atoms with Crippen molar-refractivity contribution in [3.05, 3.63) is 53.9 Å². The third kappa shape index (κ3) is 5.10. The van der Waals surface area contributed by atoms with Gasteiger partial charge in [-0.25, -0.2) is 0 Å². The lowest BCUT2D eigenvalue weighted by molar-refractivity contribution is -0.133. The molecule has 6 nitrogen and oxygen atoms in total. The molecule has 1 aromatic carbocycles. The van der Waals surface area contributed by atoms with Crippen molar-refractivity contribution in [3.8, 4) is 0 Å². The minimum absolute atomic E-state index is 0.0228. The molecule has 0 spiro atoms. The van der Waals surface area contributed by atoms with Gasteiger partial charge in [-0.2, -0.15) is 5.10 Å². The van der Waals surface area contributed by atoms with Crippen molar-refractivity contribution in [1.29, 1.82) is 0 Å². The third-order valence-corrected chi connectivity index (χ3v) is 5.91. The zero-order chi connectivity index (χ0) is 21.7. The topological polar surface area (TPSA) is 59.4 Å². The van der Waals surface area contributed by atoms with Gasteiger partial charge in [0.1, 0.15) is 0 Å². The minimum Gasteiger partial charge on any atom is -0.383 e. The van der Waals surface area contributed by atoms with Gasteiger partial charge in [0.2, 0.25) is 5.91 Å². The maximum Gasteiger partial charge on any atom is 0.223 e. The number of hydrogen-bond donors (Lipinski definition) is 1. The van der Waals surface area contributed by atoms with Crippen LogP contribution >= 0.6 is 0 Å². The predicted molar refractivity (Wildman–Crippen MR) is 119 cm³/mol. The van der Waals surface area contributed by atoms with Gasteiger partial charge >= 0.3 is 0 Å². The summed E-state index contributed by atoms with van der Waals surface area (Å²) < 4.78 is 7.09. The first-order valence-corrected chi connectivity index (χ1v) is 11.0. The van der Waals surface area contributed by atoms with Gasteiger partial charge in [-0.3, -0.25) is 9.48 Å². The standard InChI is InChI=1S/C24H36N4O2/c1-6-21(18-10-8-7-9-11-18)25-15-19-14-22(29)28(24(2,3)4)23(19)20-16-26-27(17-20)12-13-30-5/h7-11,16-17,19,21,23,25H,6,12-15H2,1-5H3/t19-,21-,23+/m0/s1. The van der Waals surface area contributed by atoms with Gasteiger partial charge < -0.3 is 15.0 Å². The van der Waals surface area contributed by atoms with Crippen LogP contribution in [-0.2, 0) is 16.1 Å². The third-order valence-electron chi connectivity index (χ3n) is 5.91. The summed E-state index contributed by atoms with van der Waals surface area (Å²) in [6.07, 6.45) is 5.55. The predicted octanol–water partition coefficient (Wildman–Crippen LogP) is 3.96. The first-order valence-electron chi connectivity index (χ1n) is 11.0. The van der Waals surface area contributed by atoms with Crippen molar-refractivity contribution in [3.63, 3.8) is 0 Å². The Kier molecular flexibility index (Phi) is 7.32. The molecule has 2 heterocycles. The van der Waals surface area contributed by atoms with Crippen LogP contribution in [0.3, 0.4) is 0 Å². The van der Waals surface area contributed by atoms with Crippen LogP contribution in [0.4, 0.5) is 0 Å². The fraction of sp³-hybridized carbons (Fsp3) is 0.583. The van der Waals surface area contributed by atoms with Crippen LogP contribution in [0.2, 0.25) is 0 Å². The van der Waals surface area contributed by atoms with Gasteiger partial charge in [0.25, 0.3) is 0 Å². The molecule has 0 saturated carbocycles. The molecule has 3 rings (SSSR count). The Morgan fingerprint density at radius 1 is 1.27 bits per heavy atom. The van der Waals surface area contributed by atoms with E-state index in [1.165, 1.54) is 5.56 Å². The highest BCUT2D eigenvalue weighted by molar-refractivity contribution is 5.80. The molecule has 6 heteroatoms. The number of likely N-dealkylation sites (tertiary alicyclic amines) is 1. The number of amides is 1. The summed E-state index contributed by atoms with van der Waals surface area (Å²) in [5, 5.41) is 8.25. The van der Waals surface area contributed by atoms with E-state index >= 15 is 0 Å². The van der Waals surface area contributed by atoms with Crippen LogP contribution < -0.4 is 5.32 Å². The van der Waals surface area contributed by atoms with Gasteiger partial charge in [0, 0.05) is 49.3 Å². The highest BCUT2D eigenvalue weighted by Gasteiger charge is 2.45. The molecule has 0 radical (unpaired) electrons. The smallest absolute Gasteiger partial charge is 0.223 e. The van der Waals surface area contributed by atoms with E-state index in [2.05, 4.69) is 73.5 Å². The zero-order valence-electron chi connectivity index (χ0n) is 19.0. The van der Waals surface area contributed by atoms with E-state index in [1.807, 2.05) is 16.9 Å². The molecule has 1 fully saturated rings. The van der Waals surface area contributed by atoms with Gasteiger partial charge in [0.05, 0.1) is 25.4 Å². The summed E-state index contributed by atoms with van der Waals surface area (Å²) in [4.78, 5) is 15.1. The molecule has 0 aliphatic carbocycles. The summed E-state index contributed by atoms with van der Waals surface area (Å²) in [6.45, 7) is 10.7. The van der Waals surface area contributed by atoms with E-state index in [-0.39, 0.29) is 29.4 Å². The maximum atomic E-state index is 13.0. The Bertz CT molecular complexity index is 812. The number of hydrogen-bond acceptors (Lipinski definition) is 4. The fourth-order valence-corrected chi connectivity index (χ4v) is 4.51. The van der Waals surface area contributed by atoms with E-state index in [0.717, 1.165) is 18.5 Å². The quantitative estimate of drug-likeness (QED) is 0.677. The highest BCUT2D eigenvalue weighted by atomic mass is 16.5. The Morgan fingerprint density at radius 2 is 2.00 bits per heavy atom. The van der Waals surface area contributed by atoms with E-state index in [1.54, 1.807) is 7.11 Å². The molecule has 164 valence electrons. The van der Waals surface area contributed by atoms with Crippen molar-refractivity contribution in [1.82, 2.24) is 20.0 Å². The first kappa shape index (κ1) is 22.5. The molecule has 2 aromatic rings. The molecule has 1 saturated heterocycles. The Morgan fingerprint density at radius 3 is 2.63 bits per heavy atom.